The lowest BCUT2D eigenvalue weighted by Gasteiger charge is -1.96. The predicted molar refractivity (Wildman–Crippen MR) is 54.2 cm³/mol. The molecular formula is C8H6N2S2. The fraction of sp³-hybridized carbons (Fsp3) is 0. The first-order valence-electron chi connectivity index (χ1n) is 3.44. The van der Waals surface area contributed by atoms with Gasteiger partial charge in [0.25, 0.3) is 0 Å². The topological polar surface area (TPSA) is 28.7 Å². The van der Waals surface area contributed by atoms with E-state index in [2.05, 4.69) is 22.6 Å². The Morgan fingerprint density at radius 3 is 3.08 bits per heavy atom. The summed E-state index contributed by atoms with van der Waals surface area (Å²) in [4.78, 5) is 8.03. The molecule has 0 amide bonds. The van der Waals surface area contributed by atoms with E-state index in [0.717, 1.165) is 15.9 Å². The maximum absolute atomic E-state index is 4.97. The number of rotatable bonds is 0. The van der Waals surface area contributed by atoms with Crippen LogP contribution >= 0.6 is 24.8 Å². The van der Waals surface area contributed by atoms with Gasteiger partial charge in [-0.05, 0) is 18.2 Å². The third-order valence-corrected chi connectivity index (χ3v) is 2.04. The van der Waals surface area contributed by atoms with Crippen LogP contribution in [0.25, 0.3) is 11.0 Å². The van der Waals surface area contributed by atoms with E-state index in [-0.39, 0.29) is 0 Å². The Hall–Kier alpha value is -0.870. The fourth-order valence-corrected chi connectivity index (χ4v) is 1.39. The van der Waals surface area contributed by atoms with E-state index in [0.29, 0.717) is 4.64 Å². The summed E-state index contributed by atoms with van der Waals surface area (Å²) in [6.45, 7) is 0. The van der Waals surface area contributed by atoms with E-state index in [4.69, 9.17) is 12.2 Å². The van der Waals surface area contributed by atoms with Gasteiger partial charge in [0.2, 0.25) is 0 Å². The van der Waals surface area contributed by atoms with Gasteiger partial charge < -0.3 is 4.98 Å². The SMILES string of the molecule is S=c1ccc2ncc(S)cc2[nH]1. The second kappa shape index (κ2) is 2.88. The molecule has 2 heterocycles. The number of thiol groups is 1. The molecule has 0 spiro atoms. The van der Waals surface area contributed by atoms with E-state index < -0.39 is 0 Å². The zero-order valence-corrected chi connectivity index (χ0v) is 7.82. The molecule has 1 N–H and O–H groups in total. The summed E-state index contributed by atoms with van der Waals surface area (Å²) in [5, 5.41) is 0. The van der Waals surface area contributed by atoms with Crippen molar-refractivity contribution in [3.05, 3.63) is 29.0 Å². The first-order chi connectivity index (χ1) is 5.75. The molecule has 12 heavy (non-hydrogen) atoms. The molecule has 2 aromatic heterocycles. The molecule has 0 radical (unpaired) electrons. The number of pyridine rings is 2. The molecule has 0 bridgehead atoms. The molecule has 0 atom stereocenters. The van der Waals surface area contributed by atoms with Crippen molar-refractivity contribution in [2.24, 2.45) is 0 Å². The van der Waals surface area contributed by atoms with Crippen LogP contribution in [0.1, 0.15) is 0 Å². The Morgan fingerprint density at radius 2 is 2.25 bits per heavy atom. The van der Waals surface area contributed by atoms with Gasteiger partial charge >= 0.3 is 0 Å². The van der Waals surface area contributed by atoms with E-state index in [1.807, 2.05) is 18.2 Å². The fourth-order valence-electron chi connectivity index (χ4n) is 1.03. The lowest BCUT2D eigenvalue weighted by Crippen LogP contribution is -1.82. The molecule has 4 heteroatoms. The molecular weight excluding hydrogens is 188 g/mol. The van der Waals surface area contributed by atoms with Gasteiger partial charge in [-0.1, -0.05) is 12.2 Å². The summed E-state index contributed by atoms with van der Waals surface area (Å²) in [5.74, 6) is 0. The van der Waals surface area contributed by atoms with Gasteiger partial charge in [-0.25, -0.2) is 0 Å². The minimum atomic E-state index is 0.711. The number of hydrogen-bond donors (Lipinski definition) is 2. The number of aromatic nitrogens is 2. The van der Waals surface area contributed by atoms with E-state index in [1.54, 1.807) is 6.20 Å². The van der Waals surface area contributed by atoms with Crippen molar-refractivity contribution >= 4 is 35.9 Å². The van der Waals surface area contributed by atoms with Gasteiger partial charge in [0.15, 0.2) is 0 Å². The number of fused-ring (bicyclic) bond motifs is 1. The van der Waals surface area contributed by atoms with Crippen LogP contribution in [0.4, 0.5) is 0 Å². The van der Waals surface area contributed by atoms with Crippen LogP contribution in [0.3, 0.4) is 0 Å². The molecule has 0 fully saturated rings. The minimum absolute atomic E-state index is 0.711. The molecule has 2 rings (SSSR count). The highest BCUT2D eigenvalue weighted by Crippen LogP contribution is 2.12. The van der Waals surface area contributed by atoms with Crippen LogP contribution in [-0.2, 0) is 0 Å². The zero-order valence-electron chi connectivity index (χ0n) is 6.11. The van der Waals surface area contributed by atoms with Crippen molar-refractivity contribution in [2.45, 2.75) is 4.90 Å². The summed E-state index contributed by atoms with van der Waals surface area (Å²) < 4.78 is 0.711. The molecule has 2 nitrogen and oxygen atoms in total. The van der Waals surface area contributed by atoms with Crippen LogP contribution in [0, 0.1) is 4.64 Å². The third kappa shape index (κ3) is 1.35. The maximum Gasteiger partial charge on any atom is 0.103 e. The van der Waals surface area contributed by atoms with Crippen LogP contribution < -0.4 is 0 Å². The summed E-state index contributed by atoms with van der Waals surface area (Å²) in [7, 11) is 0. The molecule has 0 saturated carbocycles. The second-order valence-electron chi connectivity index (χ2n) is 2.45. The zero-order chi connectivity index (χ0) is 8.55. The number of H-pyrrole nitrogens is 1. The van der Waals surface area contributed by atoms with Gasteiger partial charge in [0, 0.05) is 11.1 Å². The molecule has 0 saturated heterocycles. The minimum Gasteiger partial charge on any atom is -0.345 e. The van der Waals surface area contributed by atoms with Crippen molar-refractivity contribution in [1.82, 2.24) is 9.97 Å². The Balaban J connectivity index is 2.89. The Morgan fingerprint density at radius 1 is 1.42 bits per heavy atom. The molecule has 0 aliphatic carbocycles. The maximum atomic E-state index is 4.97. The summed E-state index contributed by atoms with van der Waals surface area (Å²) in [6, 6.07) is 5.62. The second-order valence-corrected chi connectivity index (χ2v) is 3.41. The predicted octanol–water partition coefficient (Wildman–Crippen LogP) is 2.58. The molecule has 0 unspecified atom stereocenters. The highest BCUT2D eigenvalue weighted by atomic mass is 32.1. The van der Waals surface area contributed by atoms with Crippen LogP contribution in [0.15, 0.2) is 29.3 Å². The van der Waals surface area contributed by atoms with E-state index in [1.165, 1.54) is 0 Å². The quantitative estimate of drug-likeness (QED) is 0.498. The van der Waals surface area contributed by atoms with Crippen LogP contribution in [-0.4, -0.2) is 9.97 Å². The number of hydrogen-bond acceptors (Lipinski definition) is 3. The van der Waals surface area contributed by atoms with Gasteiger partial charge in [-0.2, -0.15) is 0 Å². The van der Waals surface area contributed by atoms with Crippen molar-refractivity contribution in [3.8, 4) is 0 Å². The van der Waals surface area contributed by atoms with E-state index in [9.17, 15) is 0 Å². The van der Waals surface area contributed by atoms with Gasteiger partial charge in [0.05, 0.1) is 11.0 Å². The van der Waals surface area contributed by atoms with Crippen LogP contribution in [0.2, 0.25) is 0 Å². The highest BCUT2D eigenvalue weighted by molar-refractivity contribution is 7.80. The monoisotopic (exact) mass is 194 g/mol. The van der Waals surface area contributed by atoms with Crippen molar-refractivity contribution in [3.63, 3.8) is 0 Å². The average Bonchev–Trinajstić information content (AvgIpc) is 2.03. The smallest absolute Gasteiger partial charge is 0.103 e. The first-order valence-corrected chi connectivity index (χ1v) is 4.29. The Kier molecular flexibility index (Phi) is 1.86. The lowest BCUT2D eigenvalue weighted by atomic mass is 10.3. The molecule has 60 valence electrons. The third-order valence-electron chi connectivity index (χ3n) is 1.55. The average molecular weight is 194 g/mol. The van der Waals surface area contributed by atoms with Gasteiger partial charge in [-0.3, -0.25) is 4.98 Å². The van der Waals surface area contributed by atoms with Crippen molar-refractivity contribution < 1.29 is 0 Å². The highest BCUT2D eigenvalue weighted by Gasteiger charge is 1.93. The molecule has 0 aliphatic heterocycles. The Labute approximate surface area is 80.1 Å². The van der Waals surface area contributed by atoms with Gasteiger partial charge in [0.1, 0.15) is 4.64 Å². The number of aromatic amines is 1. The standard InChI is InChI=1S/C8H6N2S2/c11-5-3-7-6(9-4-5)1-2-8(12)10-7/h1-4,11H,(H,10,12). The normalized spacial score (nSPS) is 10.4. The lowest BCUT2D eigenvalue weighted by molar-refractivity contribution is 1.26. The summed E-state index contributed by atoms with van der Waals surface area (Å²) in [6.07, 6.45) is 1.71. The molecule has 2 aromatic rings. The molecule has 0 aliphatic rings. The largest absolute Gasteiger partial charge is 0.345 e. The van der Waals surface area contributed by atoms with E-state index >= 15 is 0 Å². The summed E-state index contributed by atoms with van der Waals surface area (Å²) in [5.41, 5.74) is 1.83. The number of nitrogens with one attached hydrogen (secondary N) is 1. The van der Waals surface area contributed by atoms with Crippen LogP contribution in [0.5, 0.6) is 0 Å². The summed E-state index contributed by atoms with van der Waals surface area (Å²) >= 11 is 9.15. The van der Waals surface area contributed by atoms with Gasteiger partial charge in [-0.15, -0.1) is 12.6 Å². The first kappa shape index (κ1) is 7.76. The van der Waals surface area contributed by atoms with Crippen molar-refractivity contribution in [2.75, 3.05) is 0 Å². The molecule has 0 aromatic carbocycles. The number of nitrogens with zero attached hydrogens (tertiary/aromatic N) is 1. The Bertz CT molecular complexity index is 476. The van der Waals surface area contributed by atoms with Crippen molar-refractivity contribution in [1.29, 1.82) is 0 Å².